The topological polar surface area (TPSA) is 265 Å². The zero-order chi connectivity index (χ0) is 85.7. The number of aryl methyl sites for hydroxylation is 5. The van der Waals surface area contributed by atoms with E-state index in [4.69, 9.17) is 31.3 Å². The lowest BCUT2D eigenvalue weighted by Crippen LogP contribution is -2.51. The number of para-hydroxylation sites is 1. The summed E-state index contributed by atoms with van der Waals surface area (Å²) in [4.78, 5) is 117. The second-order valence-electron chi connectivity index (χ2n) is 30.9. The number of amides is 8. The minimum Gasteiger partial charge on any atom is -0.496 e. The third-order valence-electron chi connectivity index (χ3n) is 21.8. The molecule has 27 nitrogen and oxygen atoms in total. The Bertz CT molecular complexity index is 5690. The normalized spacial score (nSPS) is 14.9. The highest BCUT2D eigenvalue weighted by Crippen LogP contribution is 2.41. The second kappa shape index (κ2) is 36.1. The van der Waals surface area contributed by atoms with Crippen molar-refractivity contribution in [2.24, 2.45) is 0 Å². The first-order valence-corrected chi connectivity index (χ1v) is 40.1. The maximum Gasteiger partial charge on any atom is 0.416 e. The molecule has 4 N–H and O–H groups in total. The summed E-state index contributed by atoms with van der Waals surface area (Å²) >= 11 is 6.53. The number of pyridine rings is 1. The fourth-order valence-corrected chi connectivity index (χ4v) is 15.3. The van der Waals surface area contributed by atoms with Crippen LogP contribution in [0.25, 0.3) is 0 Å². The zero-order valence-corrected chi connectivity index (χ0v) is 70.2. The van der Waals surface area contributed by atoms with Gasteiger partial charge in [-0.1, -0.05) is 65.7 Å². The molecule has 11 aromatic rings. The van der Waals surface area contributed by atoms with Crippen LogP contribution in [-0.4, -0.2) is 168 Å². The molecule has 7 aromatic carbocycles. The van der Waals surface area contributed by atoms with Gasteiger partial charge in [-0.15, -0.1) is 0 Å². The van der Waals surface area contributed by atoms with Crippen molar-refractivity contribution in [3.05, 3.63) is 260 Å². The monoisotopic (exact) mass is 1660 g/mol. The van der Waals surface area contributed by atoms with Crippen LogP contribution in [0.1, 0.15) is 96.2 Å². The molecule has 5 aliphatic heterocycles. The van der Waals surface area contributed by atoms with E-state index in [2.05, 4.69) is 105 Å². The molecule has 0 spiro atoms. The van der Waals surface area contributed by atoms with Gasteiger partial charge in [-0.05, 0) is 182 Å². The van der Waals surface area contributed by atoms with Crippen LogP contribution >= 0.6 is 11.6 Å². The van der Waals surface area contributed by atoms with Crippen molar-refractivity contribution in [2.45, 2.75) is 86.7 Å². The molecular weight excluding hydrogens is 1560 g/mol. The number of methoxy groups -OCH3 is 1. The van der Waals surface area contributed by atoms with Gasteiger partial charge in [-0.25, -0.2) is 34.3 Å². The highest BCUT2D eigenvalue weighted by molar-refractivity contribution is 6.34. The lowest BCUT2D eigenvalue weighted by atomic mass is 10.1. The summed E-state index contributed by atoms with van der Waals surface area (Å²) in [7, 11) is 9.33. The number of carbonyl (C=O) groups excluding carboxylic acids is 5. The van der Waals surface area contributed by atoms with Gasteiger partial charge in [0.2, 0.25) is 11.9 Å². The number of hydrogen-bond donors (Lipinski definition) is 4. The molecule has 0 bridgehead atoms. The third kappa shape index (κ3) is 19.2. The number of fused-ring (bicyclic) bond motifs is 3. The summed E-state index contributed by atoms with van der Waals surface area (Å²) in [6.07, 6.45) is 2.84. The Morgan fingerprint density at radius 3 is 1.54 bits per heavy atom. The van der Waals surface area contributed by atoms with Crippen LogP contribution in [0, 0.1) is 34.6 Å². The number of likely N-dealkylation sites (N-methyl/N-ethyl adjacent to an activating group) is 2. The molecule has 0 atom stereocenters. The van der Waals surface area contributed by atoms with E-state index in [9.17, 15) is 37.1 Å². The summed E-state index contributed by atoms with van der Waals surface area (Å²) in [5, 5.41) is 12.5. The van der Waals surface area contributed by atoms with Crippen LogP contribution in [0.4, 0.5) is 108 Å². The quantitative estimate of drug-likeness (QED) is 0.0660. The van der Waals surface area contributed by atoms with Gasteiger partial charge in [0.15, 0.2) is 0 Å². The summed E-state index contributed by atoms with van der Waals surface area (Å²) in [5.41, 5.74) is 14.3. The predicted octanol–water partition coefficient (Wildman–Crippen LogP) is 16.6. The van der Waals surface area contributed by atoms with E-state index in [1.165, 1.54) is 27.6 Å². The molecule has 624 valence electrons. The van der Waals surface area contributed by atoms with Gasteiger partial charge in [0.1, 0.15) is 29.0 Å². The lowest BCUT2D eigenvalue weighted by Gasteiger charge is -2.39. The van der Waals surface area contributed by atoms with Crippen molar-refractivity contribution < 1.29 is 41.9 Å². The van der Waals surface area contributed by atoms with Gasteiger partial charge in [0.25, 0.3) is 11.8 Å². The van der Waals surface area contributed by atoms with E-state index < -0.39 is 17.6 Å². The van der Waals surface area contributed by atoms with E-state index in [0.717, 1.165) is 132 Å². The Morgan fingerprint density at radius 2 is 1.00 bits per heavy atom. The van der Waals surface area contributed by atoms with Crippen molar-refractivity contribution in [1.82, 2.24) is 44.7 Å². The molecular formula is C90H95ClF3N21O6. The Morgan fingerprint density at radius 1 is 0.496 bits per heavy atom. The molecule has 0 unspecified atom stereocenters. The van der Waals surface area contributed by atoms with Crippen LogP contribution < -0.4 is 65.2 Å². The largest absolute Gasteiger partial charge is 0.496 e. The number of anilines is 14. The summed E-state index contributed by atoms with van der Waals surface area (Å²) < 4.78 is 45.0. The third-order valence-corrected chi connectivity index (χ3v) is 22.1. The minimum atomic E-state index is -4.57. The molecule has 5 aliphatic rings. The van der Waals surface area contributed by atoms with Crippen LogP contribution in [0.15, 0.2) is 183 Å². The highest BCUT2D eigenvalue weighted by atomic mass is 35.5. The van der Waals surface area contributed by atoms with Crippen LogP contribution in [0.5, 0.6) is 5.75 Å². The highest BCUT2D eigenvalue weighted by Gasteiger charge is 2.38. The lowest BCUT2D eigenvalue weighted by molar-refractivity contribution is -0.137. The number of hydrogen-bond acceptors (Lipinski definition) is 19. The number of rotatable bonds is 17. The van der Waals surface area contributed by atoms with Crippen molar-refractivity contribution in [1.29, 1.82) is 0 Å². The molecule has 4 aromatic heterocycles. The maximum atomic E-state index is 13.7. The van der Waals surface area contributed by atoms with Gasteiger partial charge in [0.05, 0.1) is 66.3 Å². The molecule has 8 amide bonds. The Labute approximate surface area is 705 Å². The first kappa shape index (κ1) is 84.1. The fourth-order valence-electron chi connectivity index (χ4n) is 14.9. The Kier molecular flexibility index (Phi) is 25.1. The average Bonchev–Trinajstić information content (AvgIpc) is 0.741. The van der Waals surface area contributed by atoms with E-state index in [-0.39, 0.29) is 42.2 Å². The Hall–Kier alpha value is -13.3. The van der Waals surface area contributed by atoms with Crippen molar-refractivity contribution in [2.75, 3.05) is 148 Å². The number of alkyl halides is 3. The van der Waals surface area contributed by atoms with E-state index in [1.54, 1.807) is 83.7 Å². The van der Waals surface area contributed by atoms with Gasteiger partial charge in [0, 0.05) is 171 Å². The maximum absolute atomic E-state index is 13.7. The fraction of sp³-hybridized carbons (Fsp3) is 0.289. The summed E-state index contributed by atoms with van der Waals surface area (Å²) in [6, 6.07) is 45.4. The summed E-state index contributed by atoms with van der Waals surface area (Å²) in [6.45, 7) is 22.6. The molecule has 0 aliphatic carbocycles. The molecule has 31 heteroatoms. The van der Waals surface area contributed by atoms with Gasteiger partial charge in [-0.3, -0.25) is 44.0 Å². The van der Waals surface area contributed by atoms with Crippen molar-refractivity contribution >= 4 is 122 Å². The van der Waals surface area contributed by atoms with E-state index in [0.29, 0.717) is 99.3 Å². The minimum absolute atomic E-state index is 0.0907. The number of nitrogens with zero attached hydrogens (tertiary/aromatic N) is 17. The molecule has 2 fully saturated rings. The van der Waals surface area contributed by atoms with Crippen molar-refractivity contribution in [3.8, 4) is 5.75 Å². The first-order valence-electron chi connectivity index (χ1n) is 39.7. The predicted molar refractivity (Wildman–Crippen MR) is 470 cm³/mol. The zero-order valence-electron chi connectivity index (χ0n) is 69.4. The SMILES string of the molecule is COc1cc(N2CCN(C)CC2)ccc1Cc1ncc2c(n1)N(C(C)C)C(=O)N(c1c(C)cccc1Cl)C2.Cc1ccc(Nc2ncc3c(n2)N(C)C(=O)N(c2cc(NC(=O)c4cccc(C(F)(F)F)c4)ccc2C)C3)cn1.Cc1cccc(C(=O)Nc2ccc(C)c(N3Cc4cnc(Nc5ccc(N6CCN(C)CC6)cc5)nc4N(C)C3=O)c2)c1. The number of benzene rings is 7. The molecule has 16 rings (SSSR count). The van der Waals surface area contributed by atoms with Crippen molar-refractivity contribution in [3.63, 3.8) is 0 Å². The number of nitrogens with one attached hydrogen (secondary N) is 4. The molecule has 0 radical (unpaired) electrons. The van der Waals surface area contributed by atoms with Gasteiger partial charge < -0.3 is 45.6 Å². The molecule has 9 heterocycles. The Balaban J connectivity index is 0.000000149. The van der Waals surface area contributed by atoms with Crippen LogP contribution in [0.2, 0.25) is 5.02 Å². The molecule has 2 saturated heterocycles. The van der Waals surface area contributed by atoms with E-state index in [1.807, 2.05) is 134 Å². The molecule has 121 heavy (non-hydrogen) atoms. The van der Waals surface area contributed by atoms with Gasteiger partial charge in [-0.2, -0.15) is 23.1 Å². The number of aromatic nitrogens is 7. The standard InChI is InChI=1S/C33H36N8O2.C29H35ClN6O2.C28H24F3N7O2/c1-22-6-5-7-24(18-22)31(42)35-27-9-8-23(2)29(19-27)41-21-25-20-34-32(37-30(25)39(4)33(41)43)36-26-10-12-28(13-11-26)40-16-14-38(3)15-17-40;1-19(2)36-28-22(18-35(29(36)37)27-20(3)7-6-8-24(27)30)17-31-26(32-28)15-21-9-10-23(16-25(21)38-5)34-13-11-33(4)12-14-34;1-16-7-9-21(34-25(39)18-5-4-6-20(11-18)28(29,30)31)12-23(16)38-15-19-13-33-26(36-24(19)37(3)27(38)40)35-22-10-8-17(2)32-14-22/h5-13,18-20H,14-17,21H2,1-4H3,(H,35,42)(H,34,36,37);6-10,16-17,19H,11-15,18H2,1-5H3;4-14H,15H2,1-3H3,(H,34,39)(H,33,35,36). The second-order valence-corrected chi connectivity index (χ2v) is 31.3. The summed E-state index contributed by atoms with van der Waals surface area (Å²) in [5.74, 6) is 2.97. The van der Waals surface area contributed by atoms with Crippen LogP contribution in [-0.2, 0) is 32.2 Å². The number of piperazine rings is 2. The number of carbonyl (C=O) groups is 5. The van der Waals surface area contributed by atoms with E-state index >= 15 is 0 Å². The smallest absolute Gasteiger partial charge is 0.416 e. The average molecular weight is 1660 g/mol. The van der Waals surface area contributed by atoms with Gasteiger partial charge >= 0.3 is 24.3 Å². The first-order chi connectivity index (χ1) is 58.0. The number of urea groups is 3. The van der Waals surface area contributed by atoms with Crippen LogP contribution in [0.3, 0.4) is 0 Å². The number of halogens is 4. The number of ether oxygens (including phenoxy) is 1. The molecule has 0 saturated carbocycles.